The Labute approximate surface area is 492 Å². The second kappa shape index (κ2) is 60.8. The highest BCUT2D eigenvalue weighted by molar-refractivity contribution is 7.45. The second-order valence-corrected chi connectivity index (χ2v) is 25.9. The molecule has 0 spiro atoms. The van der Waals surface area contributed by atoms with Crippen LogP contribution in [0.2, 0.25) is 0 Å². The van der Waals surface area contributed by atoms with Gasteiger partial charge in [0.25, 0.3) is 7.82 Å². The predicted octanol–water partition coefficient (Wildman–Crippen LogP) is 21.0. The number of likely N-dealkylation sites (N-methyl/N-ethyl adjacent to an activating group) is 1. The fourth-order valence-electron chi connectivity index (χ4n) is 10.1. The Balaban J connectivity index is 4.12. The van der Waals surface area contributed by atoms with Crippen LogP contribution in [0, 0.1) is 0 Å². The van der Waals surface area contributed by atoms with Crippen molar-refractivity contribution in [2.45, 2.75) is 341 Å². The minimum absolute atomic E-state index is 0.00670. The minimum atomic E-state index is -4.61. The van der Waals surface area contributed by atoms with Crippen molar-refractivity contribution in [3.8, 4) is 0 Å². The van der Waals surface area contributed by atoms with Crippen LogP contribution in [0.5, 0.6) is 0 Å². The molecule has 3 atom stereocenters. The molecule has 9 heteroatoms. The Bertz CT molecular complexity index is 1470. The third-order valence-corrected chi connectivity index (χ3v) is 16.4. The third-order valence-electron chi connectivity index (χ3n) is 15.4. The lowest BCUT2D eigenvalue weighted by molar-refractivity contribution is -0.870. The van der Waals surface area contributed by atoms with E-state index in [0.717, 1.165) is 51.4 Å². The van der Waals surface area contributed by atoms with Gasteiger partial charge in [0.2, 0.25) is 5.91 Å². The first-order valence-corrected chi connectivity index (χ1v) is 35.6. The van der Waals surface area contributed by atoms with Crippen LogP contribution in [0.4, 0.5) is 0 Å². The van der Waals surface area contributed by atoms with E-state index in [1.807, 2.05) is 27.2 Å². The average Bonchev–Trinajstić information content (AvgIpc) is 3.42. The van der Waals surface area contributed by atoms with E-state index in [1.165, 1.54) is 257 Å². The molecule has 464 valence electrons. The lowest BCUT2D eigenvalue weighted by Crippen LogP contribution is -2.45. The van der Waals surface area contributed by atoms with Crippen molar-refractivity contribution in [1.82, 2.24) is 5.32 Å². The van der Waals surface area contributed by atoms with Gasteiger partial charge in [0.05, 0.1) is 39.9 Å². The van der Waals surface area contributed by atoms with Crippen LogP contribution in [0.3, 0.4) is 0 Å². The SMILES string of the molecule is CCCCCCC/C=C\C/C=C\C/C=C\CCCCCCCCCCCCCCCCCCC(=O)NC(COP(=O)([O-])OCC[N+](C)(C)C)C(O)/C=C/CC/C=C/CCCCCCCCCCCCCCCCCCCCCC. The number of allylic oxidation sites excluding steroid dienone is 9. The molecule has 0 aromatic rings. The van der Waals surface area contributed by atoms with Gasteiger partial charge in [-0.1, -0.05) is 312 Å². The monoisotopic (exact) mass is 1130 g/mol. The van der Waals surface area contributed by atoms with Crippen molar-refractivity contribution in [2.75, 3.05) is 40.9 Å². The van der Waals surface area contributed by atoms with E-state index in [9.17, 15) is 19.4 Å². The smallest absolute Gasteiger partial charge is 0.268 e. The van der Waals surface area contributed by atoms with Crippen molar-refractivity contribution >= 4 is 13.7 Å². The van der Waals surface area contributed by atoms with Gasteiger partial charge in [-0.2, -0.15) is 0 Å². The molecule has 0 aliphatic heterocycles. The molecule has 1 amide bonds. The molecule has 0 aliphatic rings. The average molecular weight is 1130 g/mol. The largest absolute Gasteiger partial charge is 0.756 e. The predicted molar refractivity (Wildman–Crippen MR) is 344 cm³/mol. The van der Waals surface area contributed by atoms with E-state index < -0.39 is 26.6 Å². The summed E-state index contributed by atoms with van der Waals surface area (Å²) in [5.41, 5.74) is 0. The molecule has 79 heavy (non-hydrogen) atoms. The van der Waals surface area contributed by atoms with E-state index in [4.69, 9.17) is 9.05 Å². The van der Waals surface area contributed by atoms with Crippen LogP contribution in [-0.2, 0) is 18.4 Å². The molecule has 0 aromatic heterocycles. The molecule has 0 radical (unpaired) electrons. The molecule has 0 bridgehead atoms. The van der Waals surface area contributed by atoms with Crippen molar-refractivity contribution in [3.05, 3.63) is 60.8 Å². The summed E-state index contributed by atoms with van der Waals surface area (Å²) in [7, 11) is 1.25. The number of carbonyl (C=O) groups excluding carboxylic acids is 1. The molecule has 0 aliphatic carbocycles. The topological polar surface area (TPSA) is 108 Å². The molecule has 0 rings (SSSR count). The lowest BCUT2D eigenvalue weighted by Gasteiger charge is -2.29. The molecule has 3 unspecified atom stereocenters. The van der Waals surface area contributed by atoms with Gasteiger partial charge < -0.3 is 28.8 Å². The number of quaternary nitrogens is 1. The van der Waals surface area contributed by atoms with Crippen LogP contribution >= 0.6 is 7.82 Å². The van der Waals surface area contributed by atoms with Gasteiger partial charge in [-0.15, -0.1) is 0 Å². The van der Waals surface area contributed by atoms with Crippen molar-refractivity contribution in [3.63, 3.8) is 0 Å². The Morgan fingerprint density at radius 2 is 0.747 bits per heavy atom. The number of rotatable bonds is 63. The Hall–Kier alpha value is -1.80. The number of nitrogens with zero attached hydrogens (tertiary/aromatic N) is 1. The summed E-state index contributed by atoms with van der Waals surface area (Å²) in [6.07, 6.45) is 83.4. The highest BCUT2D eigenvalue weighted by Gasteiger charge is 2.23. The van der Waals surface area contributed by atoms with E-state index in [2.05, 4.69) is 67.8 Å². The highest BCUT2D eigenvalue weighted by atomic mass is 31.2. The van der Waals surface area contributed by atoms with Crippen molar-refractivity contribution in [1.29, 1.82) is 0 Å². The summed E-state index contributed by atoms with van der Waals surface area (Å²) in [4.78, 5) is 25.6. The van der Waals surface area contributed by atoms with Gasteiger partial charge in [0, 0.05) is 6.42 Å². The minimum Gasteiger partial charge on any atom is -0.756 e. The number of hydrogen-bond donors (Lipinski definition) is 2. The van der Waals surface area contributed by atoms with Gasteiger partial charge >= 0.3 is 0 Å². The van der Waals surface area contributed by atoms with Crippen molar-refractivity contribution < 1.29 is 32.9 Å². The van der Waals surface area contributed by atoms with Gasteiger partial charge in [-0.05, 0) is 70.6 Å². The van der Waals surface area contributed by atoms with E-state index >= 15 is 0 Å². The Morgan fingerprint density at radius 3 is 1.11 bits per heavy atom. The summed E-state index contributed by atoms with van der Waals surface area (Å²) in [5.74, 6) is -0.204. The zero-order valence-electron chi connectivity index (χ0n) is 53.1. The van der Waals surface area contributed by atoms with Gasteiger partial charge in [-0.3, -0.25) is 9.36 Å². The number of phosphoric acid groups is 1. The quantitative estimate of drug-likeness (QED) is 0.0272. The van der Waals surface area contributed by atoms with Crippen molar-refractivity contribution in [2.24, 2.45) is 0 Å². The number of aliphatic hydroxyl groups is 1. The van der Waals surface area contributed by atoms with E-state index in [0.29, 0.717) is 17.4 Å². The first kappa shape index (κ1) is 77.2. The van der Waals surface area contributed by atoms with Crippen LogP contribution in [0.25, 0.3) is 0 Å². The van der Waals surface area contributed by atoms with E-state index in [-0.39, 0.29) is 12.5 Å². The number of phosphoric ester groups is 1. The van der Waals surface area contributed by atoms with E-state index in [1.54, 1.807) is 6.08 Å². The molecule has 0 saturated heterocycles. The number of unbranched alkanes of at least 4 members (excludes halogenated alkanes) is 42. The fraction of sp³-hybridized carbons (Fsp3) is 0.843. The van der Waals surface area contributed by atoms with Gasteiger partial charge in [0.15, 0.2) is 0 Å². The number of hydrogen-bond acceptors (Lipinski definition) is 6. The summed E-state index contributed by atoms with van der Waals surface area (Å²) in [5, 5.41) is 13.9. The summed E-state index contributed by atoms with van der Waals surface area (Å²) in [6.45, 7) is 4.66. The lowest BCUT2D eigenvalue weighted by atomic mass is 10.0. The standard InChI is InChI=1S/C70H133N2O6P/c1-6-8-10-12-14-16-18-20-22-24-26-28-30-32-34-35-36-37-38-40-42-44-46-48-50-52-54-56-58-60-62-64-70(74)71-68(67-78-79(75,76)77-66-65-72(3,4)5)69(73)63-61-59-57-55-53-51-49-47-45-43-41-39-33-31-29-27-25-23-21-19-17-15-13-11-9-7-2/h18,20,24,26,30,32,53,55,61,63,68-69,73H,6-17,19,21-23,25,27-29,31,33-52,54,56-60,62,64-67H2,1-5H3,(H-,71,74,75,76)/b20-18-,26-24-,32-30-,55-53+,63-61+. The molecular weight excluding hydrogens is 996 g/mol. The maximum atomic E-state index is 13.0. The first-order chi connectivity index (χ1) is 38.5. The molecular formula is C70H133N2O6P. The first-order valence-electron chi connectivity index (χ1n) is 34.2. The number of nitrogens with one attached hydrogen (secondary N) is 1. The molecule has 0 saturated carbocycles. The third kappa shape index (κ3) is 63.6. The summed E-state index contributed by atoms with van der Waals surface area (Å²) in [6, 6.07) is -0.906. The maximum Gasteiger partial charge on any atom is 0.268 e. The molecule has 8 nitrogen and oxygen atoms in total. The highest BCUT2D eigenvalue weighted by Crippen LogP contribution is 2.38. The van der Waals surface area contributed by atoms with Crippen LogP contribution in [0.15, 0.2) is 60.8 Å². The van der Waals surface area contributed by atoms with Crippen LogP contribution in [0.1, 0.15) is 328 Å². The summed E-state index contributed by atoms with van der Waals surface area (Å²) < 4.78 is 23.4. The molecule has 0 heterocycles. The molecule has 0 aromatic carbocycles. The Kier molecular flexibility index (Phi) is 59.4. The second-order valence-electron chi connectivity index (χ2n) is 24.5. The zero-order valence-corrected chi connectivity index (χ0v) is 54.0. The number of amides is 1. The van der Waals surface area contributed by atoms with Gasteiger partial charge in [0.1, 0.15) is 13.2 Å². The normalized spacial score (nSPS) is 14.1. The fourth-order valence-corrected chi connectivity index (χ4v) is 10.8. The molecule has 0 fully saturated rings. The number of aliphatic hydroxyl groups excluding tert-OH is 1. The van der Waals surface area contributed by atoms with Gasteiger partial charge in [-0.25, -0.2) is 0 Å². The molecule has 2 N–H and O–H groups in total. The Morgan fingerprint density at radius 1 is 0.443 bits per heavy atom. The number of carbonyl (C=O) groups is 1. The van der Waals surface area contributed by atoms with Crippen LogP contribution in [-0.4, -0.2) is 68.5 Å². The summed E-state index contributed by atoms with van der Waals surface area (Å²) >= 11 is 0. The zero-order chi connectivity index (χ0) is 57.7. The van der Waals surface area contributed by atoms with Crippen LogP contribution < -0.4 is 10.2 Å². The maximum absolute atomic E-state index is 13.0.